The first-order valence-electron chi connectivity index (χ1n) is 5.60. The smallest absolute Gasteiger partial charge is 0.0949 e. The lowest BCUT2D eigenvalue weighted by atomic mass is 10.0. The molecule has 0 radical (unpaired) electrons. The van der Waals surface area contributed by atoms with Gasteiger partial charge in [-0.25, -0.2) is 4.89 Å². The average Bonchev–Trinajstić information content (AvgIpc) is 2.61. The number of H-pyrrole nitrogens is 1. The van der Waals surface area contributed by atoms with Gasteiger partial charge in [-0.15, -0.1) is 0 Å². The van der Waals surface area contributed by atoms with Crippen LogP contribution in [0.5, 0.6) is 0 Å². The molecule has 1 heterocycles. The Hall–Kier alpha value is -1.06. The highest BCUT2D eigenvalue weighted by Gasteiger charge is 2.07. The Kier molecular flexibility index (Phi) is 4.33. The average molecular weight is 223 g/mol. The minimum atomic E-state index is -0.403. The molecule has 0 bridgehead atoms. The SMILES string of the molecule is CC(C)(C)OO.Cc1c[nH]c2c1CCC=C2. The molecule has 1 aromatic heterocycles. The summed E-state index contributed by atoms with van der Waals surface area (Å²) in [6, 6.07) is 0. The first kappa shape index (κ1) is 13.0. The summed E-state index contributed by atoms with van der Waals surface area (Å²) in [7, 11) is 0. The number of allylic oxidation sites excluding steroid dienone is 1. The second-order valence-electron chi connectivity index (χ2n) is 5.01. The fourth-order valence-corrected chi connectivity index (χ4v) is 1.48. The summed E-state index contributed by atoms with van der Waals surface area (Å²) < 4.78 is 0. The number of hydrogen-bond acceptors (Lipinski definition) is 2. The molecule has 0 atom stereocenters. The summed E-state index contributed by atoms with van der Waals surface area (Å²) in [4.78, 5) is 7.18. The third-order valence-corrected chi connectivity index (χ3v) is 2.36. The van der Waals surface area contributed by atoms with Crippen molar-refractivity contribution in [3.05, 3.63) is 29.1 Å². The first-order valence-corrected chi connectivity index (χ1v) is 5.60. The Balaban J connectivity index is 0.000000187. The highest BCUT2D eigenvalue weighted by atomic mass is 17.1. The van der Waals surface area contributed by atoms with E-state index in [4.69, 9.17) is 5.26 Å². The predicted molar refractivity (Wildman–Crippen MR) is 66.4 cm³/mol. The van der Waals surface area contributed by atoms with Crippen LogP contribution in [0, 0.1) is 6.92 Å². The number of aryl methyl sites for hydroxylation is 1. The van der Waals surface area contributed by atoms with Crippen LogP contribution in [0.15, 0.2) is 12.3 Å². The van der Waals surface area contributed by atoms with Crippen LogP contribution < -0.4 is 0 Å². The molecule has 1 aliphatic carbocycles. The van der Waals surface area contributed by atoms with Crippen LogP contribution in [0.3, 0.4) is 0 Å². The van der Waals surface area contributed by atoms with Gasteiger partial charge in [0.05, 0.1) is 5.60 Å². The molecule has 2 rings (SSSR count). The van der Waals surface area contributed by atoms with E-state index in [1.807, 2.05) is 0 Å². The third-order valence-electron chi connectivity index (χ3n) is 2.36. The van der Waals surface area contributed by atoms with Gasteiger partial charge < -0.3 is 4.98 Å². The molecule has 3 heteroatoms. The minimum absolute atomic E-state index is 0.403. The molecule has 16 heavy (non-hydrogen) atoms. The lowest BCUT2D eigenvalue weighted by molar-refractivity contribution is -0.306. The van der Waals surface area contributed by atoms with Gasteiger partial charge in [0.15, 0.2) is 0 Å². The maximum atomic E-state index is 7.90. The fraction of sp³-hybridized carbons (Fsp3) is 0.538. The molecular formula is C13H21NO2. The molecule has 1 aliphatic rings. The lowest BCUT2D eigenvalue weighted by Crippen LogP contribution is -2.15. The first-order chi connectivity index (χ1) is 7.44. The molecule has 0 fully saturated rings. The highest BCUT2D eigenvalue weighted by molar-refractivity contribution is 5.54. The van der Waals surface area contributed by atoms with Crippen molar-refractivity contribution in [3.63, 3.8) is 0 Å². The van der Waals surface area contributed by atoms with Gasteiger partial charge in [0.2, 0.25) is 0 Å². The quantitative estimate of drug-likeness (QED) is 0.522. The second kappa shape index (κ2) is 5.32. The van der Waals surface area contributed by atoms with Gasteiger partial charge in [-0.2, -0.15) is 0 Å². The van der Waals surface area contributed by atoms with Crippen LogP contribution in [0.2, 0.25) is 0 Å². The molecule has 0 aliphatic heterocycles. The summed E-state index contributed by atoms with van der Waals surface area (Å²) in [5.74, 6) is 0. The van der Waals surface area contributed by atoms with E-state index in [2.05, 4.69) is 35.1 Å². The van der Waals surface area contributed by atoms with Gasteiger partial charge in [-0.05, 0) is 57.7 Å². The van der Waals surface area contributed by atoms with E-state index in [0.29, 0.717) is 0 Å². The van der Waals surface area contributed by atoms with Crippen molar-refractivity contribution < 1.29 is 10.1 Å². The Morgan fingerprint density at radius 1 is 1.38 bits per heavy atom. The largest absolute Gasteiger partial charge is 0.361 e. The third kappa shape index (κ3) is 3.83. The van der Waals surface area contributed by atoms with Crippen LogP contribution in [-0.2, 0) is 11.3 Å². The van der Waals surface area contributed by atoms with Crippen molar-refractivity contribution in [1.29, 1.82) is 0 Å². The maximum Gasteiger partial charge on any atom is 0.0949 e. The summed E-state index contributed by atoms with van der Waals surface area (Å²) >= 11 is 0. The molecular weight excluding hydrogens is 202 g/mol. The number of rotatable bonds is 0. The van der Waals surface area contributed by atoms with E-state index in [1.165, 1.54) is 29.7 Å². The van der Waals surface area contributed by atoms with Crippen LogP contribution in [-0.4, -0.2) is 15.8 Å². The van der Waals surface area contributed by atoms with Crippen molar-refractivity contribution in [2.75, 3.05) is 0 Å². The topological polar surface area (TPSA) is 45.2 Å². The molecule has 2 N–H and O–H groups in total. The number of aromatic amines is 1. The van der Waals surface area contributed by atoms with Crippen molar-refractivity contribution in [2.24, 2.45) is 0 Å². The Labute approximate surface area is 97.1 Å². The highest BCUT2D eigenvalue weighted by Crippen LogP contribution is 2.20. The predicted octanol–water partition coefficient (Wildman–Crippen LogP) is 3.56. The van der Waals surface area contributed by atoms with E-state index in [0.717, 1.165) is 0 Å². The Bertz CT molecular complexity index is 358. The van der Waals surface area contributed by atoms with Crippen LogP contribution in [0.1, 0.15) is 44.0 Å². The van der Waals surface area contributed by atoms with E-state index in [9.17, 15) is 0 Å². The molecule has 3 nitrogen and oxygen atoms in total. The van der Waals surface area contributed by atoms with Gasteiger partial charge in [0, 0.05) is 11.9 Å². The molecule has 0 spiro atoms. The van der Waals surface area contributed by atoms with Crippen molar-refractivity contribution >= 4 is 6.08 Å². The Morgan fingerprint density at radius 3 is 2.50 bits per heavy atom. The van der Waals surface area contributed by atoms with E-state index < -0.39 is 5.60 Å². The monoisotopic (exact) mass is 223 g/mol. The second-order valence-corrected chi connectivity index (χ2v) is 5.01. The van der Waals surface area contributed by atoms with Crippen molar-refractivity contribution in [3.8, 4) is 0 Å². The summed E-state index contributed by atoms with van der Waals surface area (Å²) in [5.41, 5.74) is 3.81. The fourth-order valence-electron chi connectivity index (χ4n) is 1.48. The van der Waals surface area contributed by atoms with Gasteiger partial charge in [0.1, 0.15) is 0 Å². The van der Waals surface area contributed by atoms with Gasteiger partial charge >= 0.3 is 0 Å². The summed E-state index contributed by atoms with van der Waals surface area (Å²) in [5, 5.41) is 7.90. The maximum absolute atomic E-state index is 7.90. The van der Waals surface area contributed by atoms with Crippen LogP contribution in [0.25, 0.3) is 6.08 Å². The molecule has 0 unspecified atom stereocenters. The van der Waals surface area contributed by atoms with Crippen LogP contribution in [0.4, 0.5) is 0 Å². The normalized spacial score (nSPS) is 14.1. The van der Waals surface area contributed by atoms with Crippen LogP contribution >= 0.6 is 0 Å². The van der Waals surface area contributed by atoms with Crippen molar-refractivity contribution in [1.82, 2.24) is 4.98 Å². The van der Waals surface area contributed by atoms with Gasteiger partial charge in [-0.3, -0.25) is 5.26 Å². The molecule has 1 aromatic rings. The number of nitrogens with one attached hydrogen (secondary N) is 1. The molecule has 0 saturated carbocycles. The van der Waals surface area contributed by atoms with Gasteiger partial charge in [-0.1, -0.05) is 6.08 Å². The zero-order chi connectivity index (χ0) is 12.2. The summed E-state index contributed by atoms with van der Waals surface area (Å²) in [6.07, 6.45) is 8.89. The molecule has 0 aromatic carbocycles. The minimum Gasteiger partial charge on any atom is -0.361 e. The standard InChI is InChI=1S/C9H11N.C4H10O2/c1-7-6-10-9-5-3-2-4-8(7)9;1-4(2,3)6-5/h3,5-6,10H,2,4H2,1H3;5H,1-3H3. The Morgan fingerprint density at radius 2 is 2.00 bits per heavy atom. The number of fused-ring (bicyclic) bond motifs is 1. The summed E-state index contributed by atoms with van der Waals surface area (Å²) in [6.45, 7) is 7.47. The van der Waals surface area contributed by atoms with E-state index in [-0.39, 0.29) is 0 Å². The molecule has 0 amide bonds. The zero-order valence-corrected chi connectivity index (χ0v) is 10.5. The zero-order valence-electron chi connectivity index (χ0n) is 10.5. The van der Waals surface area contributed by atoms with Gasteiger partial charge in [0.25, 0.3) is 0 Å². The van der Waals surface area contributed by atoms with E-state index >= 15 is 0 Å². The van der Waals surface area contributed by atoms with Crippen molar-refractivity contribution in [2.45, 2.75) is 46.1 Å². The number of hydrogen-bond donors (Lipinski definition) is 2. The molecule has 90 valence electrons. The van der Waals surface area contributed by atoms with E-state index in [1.54, 1.807) is 20.8 Å². The lowest BCUT2D eigenvalue weighted by Gasteiger charge is -2.10. The number of aromatic nitrogens is 1. The molecule has 0 saturated heterocycles.